The molecular weight excluding hydrogens is 248 g/mol. The van der Waals surface area contributed by atoms with Gasteiger partial charge in [-0.3, -0.25) is 5.10 Å². The van der Waals surface area contributed by atoms with Crippen molar-refractivity contribution < 1.29 is 8.42 Å². The van der Waals surface area contributed by atoms with E-state index in [1.807, 2.05) is 6.92 Å². The number of hydrogen-bond donors (Lipinski definition) is 1. The van der Waals surface area contributed by atoms with Crippen molar-refractivity contribution in [3.8, 4) is 0 Å². The first kappa shape index (κ1) is 12.4. The van der Waals surface area contributed by atoms with E-state index in [1.165, 1.54) is 6.20 Å². The molecule has 0 unspecified atom stereocenters. The molecule has 1 aromatic carbocycles. The predicted molar refractivity (Wildman–Crippen MR) is 70.2 cm³/mol. The zero-order chi connectivity index (χ0) is 13.0. The lowest BCUT2D eigenvalue weighted by Crippen LogP contribution is -2.14. The van der Waals surface area contributed by atoms with Crippen molar-refractivity contribution in [2.45, 2.75) is 11.8 Å². The van der Waals surface area contributed by atoms with Crippen molar-refractivity contribution in [1.82, 2.24) is 9.19 Å². The summed E-state index contributed by atoms with van der Waals surface area (Å²) in [6, 6.07) is 13.7. The number of aromatic nitrogens is 2. The van der Waals surface area contributed by atoms with E-state index in [9.17, 15) is 8.42 Å². The van der Waals surface area contributed by atoms with Gasteiger partial charge in [0.15, 0.2) is 0 Å². The molecular formula is C13H14N2O2S. The summed E-state index contributed by atoms with van der Waals surface area (Å²) in [5.74, 6) is 0. The van der Waals surface area contributed by atoms with Crippen LogP contribution < -0.4 is 0 Å². The summed E-state index contributed by atoms with van der Waals surface area (Å²) >= 11 is 0. The summed E-state index contributed by atoms with van der Waals surface area (Å²) in [5, 5.41) is 2.70. The fourth-order valence-electron chi connectivity index (χ4n) is 1.44. The maximum absolute atomic E-state index is 12.3. The van der Waals surface area contributed by atoms with Gasteiger partial charge in [-0.25, -0.2) is 0 Å². The Balaban J connectivity index is 2.55. The molecule has 94 valence electrons. The molecule has 5 heteroatoms. The molecule has 0 atom stereocenters. The van der Waals surface area contributed by atoms with Crippen molar-refractivity contribution in [2.75, 3.05) is 0 Å². The first-order valence-electron chi connectivity index (χ1n) is 5.48. The quantitative estimate of drug-likeness (QED) is 0.904. The van der Waals surface area contributed by atoms with Crippen LogP contribution in [0.5, 0.6) is 0 Å². The Kier molecular flexibility index (Phi) is 3.53. The minimum absolute atomic E-state index is 0.253. The standard InChI is InChI=1S/C13H14N2O2S/c1-12-6-8-13(9-7-12)18(16,17)15-11-5-3-2-4-10-14-15/h2-11,14H,1H3. The Morgan fingerprint density at radius 1 is 1.00 bits per heavy atom. The van der Waals surface area contributed by atoms with Crippen LogP contribution in [0, 0.1) is 6.92 Å². The highest BCUT2D eigenvalue weighted by Gasteiger charge is 2.14. The van der Waals surface area contributed by atoms with Crippen LogP contribution in [0.2, 0.25) is 0 Å². The van der Waals surface area contributed by atoms with Crippen LogP contribution in [0.3, 0.4) is 0 Å². The Morgan fingerprint density at radius 3 is 2.39 bits per heavy atom. The molecule has 0 fully saturated rings. The number of nitrogens with zero attached hydrogens (tertiary/aromatic N) is 1. The van der Waals surface area contributed by atoms with Gasteiger partial charge in [-0.05, 0) is 31.2 Å². The van der Waals surface area contributed by atoms with Gasteiger partial charge in [-0.1, -0.05) is 29.8 Å². The molecule has 18 heavy (non-hydrogen) atoms. The minimum Gasteiger partial charge on any atom is -0.292 e. The van der Waals surface area contributed by atoms with Crippen LogP contribution in [-0.2, 0) is 10.0 Å². The number of aryl methyl sites for hydroxylation is 1. The highest BCUT2D eigenvalue weighted by atomic mass is 32.2. The van der Waals surface area contributed by atoms with E-state index in [2.05, 4.69) is 5.10 Å². The Labute approximate surface area is 106 Å². The van der Waals surface area contributed by atoms with Gasteiger partial charge in [-0.2, -0.15) is 12.5 Å². The molecule has 0 saturated carbocycles. The molecule has 0 aliphatic rings. The smallest absolute Gasteiger partial charge is 0.281 e. The van der Waals surface area contributed by atoms with Gasteiger partial charge < -0.3 is 0 Å². The molecule has 2 rings (SSSR count). The molecule has 0 spiro atoms. The van der Waals surface area contributed by atoms with Crippen LogP contribution >= 0.6 is 0 Å². The van der Waals surface area contributed by atoms with Gasteiger partial charge in [0.05, 0.1) is 4.90 Å². The van der Waals surface area contributed by atoms with Gasteiger partial charge in [-0.15, -0.1) is 0 Å². The molecule has 0 amide bonds. The lowest BCUT2D eigenvalue weighted by molar-refractivity contribution is 0.578. The van der Waals surface area contributed by atoms with E-state index in [4.69, 9.17) is 0 Å². The number of H-pyrrole nitrogens is 1. The zero-order valence-corrected chi connectivity index (χ0v) is 10.8. The van der Waals surface area contributed by atoms with Gasteiger partial charge in [0.2, 0.25) is 0 Å². The van der Waals surface area contributed by atoms with E-state index in [1.54, 1.807) is 54.7 Å². The van der Waals surface area contributed by atoms with Crippen LogP contribution in [0.15, 0.2) is 65.8 Å². The number of nitrogens with one attached hydrogen (secondary N) is 1. The van der Waals surface area contributed by atoms with Crippen LogP contribution in [-0.4, -0.2) is 17.6 Å². The van der Waals surface area contributed by atoms with Crippen molar-refractivity contribution in [1.29, 1.82) is 0 Å². The van der Waals surface area contributed by atoms with E-state index in [0.717, 1.165) is 9.65 Å². The second kappa shape index (κ2) is 5.10. The molecule has 2 aromatic rings. The zero-order valence-electron chi connectivity index (χ0n) is 9.95. The average molecular weight is 262 g/mol. The van der Waals surface area contributed by atoms with E-state index >= 15 is 0 Å². The largest absolute Gasteiger partial charge is 0.292 e. The highest BCUT2D eigenvalue weighted by molar-refractivity contribution is 7.89. The minimum atomic E-state index is -3.57. The fourth-order valence-corrected chi connectivity index (χ4v) is 2.58. The summed E-state index contributed by atoms with van der Waals surface area (Å²) in [6.07, 6.45) is 3.03. The first-order chi connectivity index (χ1) is 8.60. The normalized spacial score (nSPS) is 10.9. The summed E-state index contributed by atoms with van der Waals surface area (Å²) in [6.45, 7) is 1.91. The summed E-state index contributed by atoms with van der Waals surface area (Å²) < 4.78 is 25.7. The first-order valence-corrected chi connectivity index (χ1v) is 6.92. The van der Waals surface area contributed by atoms with Crippen molar-refractivity contribution in [2.24, 2.45) is 0 Å². The molecule has 4 nitrogen and oxygen atoms in total. The van der Waals surface area contributed by atoms with E-state index in [0.29, 0.717) is 0 Å². The lowest BCUT2D eigenvalue weighted by Gasteiger charge is -2.07. The molecule has 0 aliphatic carbocycles. The Bertz CT molecular complexity index is 645. The number of rotatable bonds is 2. The second-order valence-corrected chi connectivity index (χ2v) is 5.64. The van der Waals surface area contributed by atoms with Crippen molar-refractivity contribution in [3.63, 3.8) is 0 Å². The third kappa shape index (κ3) is 2.62. The Hall–Kier alpha value is -2.01. The van der Waals surface area contributed by atoms with Gasteiger partial charge in [0.25, 0.3) is 10.0 Å². The monoisotopic (exact) mass is 262 g/mol. The van der Waals surface area contributed by atoms with Gasteiger partial charge in [0.1, 0.15) is 0 Å². The van der Waals surface area contributed by atoms with Gasteiger partial charge >= 0.3 is 0 Å². The summed E-state index contributed by atoms with van der Waals surface area (Å²) in [7, 11) is -3.57. The summed E-state index contributed by atoms with van der Waals surface area (Å²) in [4.78, 5) is 0.253. The SMILES string of the molecule is Cc1ccc(S(=O)(=O)n2cccccc[nH]2)cc1. The maximum atomic E-state index is 12.3. The predicted octanol–water partition coefficient (Wildman–Crippen LogP) is 2.49. The van der Waals surface area contributed by atoms with Crippen molar-refractivity contribution >= 4 is 10.0 Å². The van der Waals surface area contributed by atoms with Crippen molar-refractivity contribution in [3.05, 3.63) is 66.5 Å². The number of benzene rings is 1. The molecule has 0 saturated heterocycles. The Morgan fingerprint density at radius 2 is 1.67 bits per heavy atom. The maximum Gasteiger partial charge on any atom is 0.281 e. The van der Waals surface area contributed by atoms with Gasteiger partial charge in [0, 0.05) is 12.4 Å². The highest BCUT2D eigenvalue weighted by Crippen LogP contribution is 2.12. The summed E-state index contributed by atoms with van der Waals surface area (Å²) in [5.41, 5.74) is 1.02. The van der Waals surface area contributed by atoms with E-state index in [-0.39, 0.29) is 4.90 Å². The van der Waals surface area contributed by atoms with Crippen LogP contribution in [0.25, 0.3) is 0 Å². The average Bonchev–Trinajstić information content (AvgIpc) is 2.28. The number of hydrogen-bond acceptors (Lipinski definition) is 2. The molecule has 0 aliphatic heterocycles. The molecule has 1 N–H and O–H groups in total. The second-order valence-electron chi connectivity index (χ2n) is 3.83. The third-order valence-corrected chi connectivity index (χ3v) is 4.04. The fraction of sp³-hybridized carbons (Fsp3) is 0.0769. The molecule has 1 heterocycles. The molecule has 0 bridgehead atoms. The van der Waals surface area contributed by atoms with Crippen LogP contribution in [0.1, 0.15) is 5.56 Å². The number of aromatic amines is 1. The molecule has 0 radical (unpaired) electrons. The third-order valence-electron chi connectivity index (χ3n) is 2.43. The lowest BCUT2D eigenvalue weighted by atomic mass is 10.2. The van der Waals surface area contributed by atoms with Crippen LogP contribution in [0.4, 0.5) is 0 Å². The topological polar surface area (TPSA) is 54.9 Å². The molecule has 1 aromatic heterocycles. The van der Waals surface area contributed by atoms with E-state index < -0.39 is 10.0 Å².